The number of nitrogens with one attached hydrogen (secondary N) is 1. The molecular weight excluding hydrogens is 512 g/mol. The van der Waals surface area contributed by atoms with Crippen molar-refractivity contribution in [1.29, 1.82) is 0 Å². The van der Waals surface area contributed by atoms with Crippen LogP contribution in [-0.2, 0) is 11.3 Å². The lowest BCUT2D eigenvalue weighted by Crippen LogP contribution is -2.34. The van der Waals surface area contributed by atoms with Crippen molar-refractivity contribution in [1.82, 2.24) is 20.2 Å². The third kappa shape index (κ3) is 5.37. The van der Waals surface area contributed by atoms with E-state index < -0.39 is 5.91 Å². The average Bonchev–Trinajstić information content (AvgIpc) is 3.62. The summed E-state index contributed by atoms with van der Waals surface area (Å²) in [5.41, 5.74) is 2.44. The third-order valence-electron chi connectivity index (χ3n) is 7.37. The molecule has 3 saturated heterocycles. The van der Waals surface area contributed by atoms with Gasteiger partial charge < -0.3 is 14.7 Å². The molecular formula is C29H28N6O3S. The molecule has 198 valence electrons. The Hall–Kier alpha value is -4.18. The van der Waals surface area contributed by atoms with Gasteiger partial charge in [0.05, 0.1) is 10.6 Å². The Kier molecular flexibility index (Phi) is 6.78. The molecule has 1 aromatic heterocycles. The van der Waals surface area contributed by atoms with E-state index in [1.54, 1.807) is 6.08 Å². The van der Waals surface area contributed by atoms with Gasteiger partial charge in [-0.25, -0.2) is 4.98 Å². The monoisotopic (exact) mass is 540 g/mol. The molecule has 9 nitrogen and oxygen atoms in total. The van der Waals surface area contributed by atoms with Gasteiger partial charge in [0.2, 0.25) is 5.95 Å². The average molecular weight is 541 g/mol. The molecule has 3 aromatic rings. The van der Waals surface area contributed by atoms with E-state index in [1.807, 2.05) is 71.4 Å². The molecule has 0 saturated carbocycles. The minimum atomic E-state index is -0.414. The first-order chi connectivity index (χ1) is 18.9. The van der Waals surface area contributed by atoms with E-state index in [0.29, 0.717) is 48.0 Å². The molecule has 10 heteroatoms. The van der Waals surface area contributed by atoms with E-state index in [2.05, 4.69) is 22.3 Å². The zero-order chi connectivity index (χ0) is 26.9. The molecule has 3 amide bonds. The largest absolute Gasteiger partial charge is 0.355 e. The maximum absolute atomic E-state index is 13.0. The quantitative estimate of drug-likeness (QED) is 0.473. The second-order valence-electron chi connectivity index (χ2n) is 10.1. The Labute approximate surface area is 230 Å². The lowest BCUT2D eigenvalue weighted by Gasteiger charge is -2.24. The smallest absolute Gasteiger partial charge is 0.290 e. The molecule has 0 aliphatic carbocycles. The zero-order valence-corrected chi connectivity index (χ0v) is 22.3. The van der Waals surface area contributed by atoms with Crippen LogP contribution in [0.15, 0.2) is 71.6 Å². The number of thioether (sulfide) groups is 1. The summed E-state index contributed by atoms with van der Waals surface area (Å²) >= 11 is 0.875. The van der Waals surface area contributed by atoms with Crippen molar-refractivity contribution in [3.63, 3.8) is 0 Å². The van der Waals surface area contributed by atoms with Gasteiger partial charge in [-0.1, -0.05) is 48.5 Å². The van der Waals surface area contributed by atoms with Crippen LogP contribution in [0.25, 0.3) is 6.08 Å². The predicted octanol–water partition coefficient (Wildman–Crippen LogP) is 3.65. The second-order valence-corrected chi connectivity index (χ2v) is 11.2. The highest BCUT2D eigenvalue weighted by Crippen LogP contribution is 2.35. The number of anilines is 2. The number of amides is 3. The van der Waals surface area contributed by atoms with Gasteiger partial charge in [-0.15, -0.1) is 0 Å². The molecule has 0 radical (unpaired) electrons. The molecule has 1 N–H and O–H groups in total. The molecule has 0 bridgehead atoms. The maximum atomic E-state index is 13.0. The molecule has 6 rings (SSSR count). The lowest BCUT2D eigenvalue weighted by molar-refractivity contribution is -0.115. The van der Waals surface area contributed by atoms with Crippen LogP contribution >= 0.6 is 11.8 Å². The zero-order valence-electron chi connectivity index (χ0n) is 21.5. The summed E-state index contributed by atoms with van der Waals surface area (Å²) in [6.07, 6.45) is 1.65. The summed E-state index contributed by atoms with van der Waals surface area (Å²) in [5, 5.41) is 1.91. The summed E-state index contributed by atoms with van der Waals surface area (Å²) in [6, 6.07) is 21.4. The van der Waals surface area contributed by atoms with E-state index >= 15 is 0 Å². The van der Waals surface area contributed by atoms with E-state index in [0.717, 1.165) is 41.8 Å². The van der Waals surface area contributed by atoms with Crippen LogP contribution in [0.2, 0.25) is 0 Å². The topological polar surface area (TPSA) is 98.7 Å². The van der Waals surface area contributed by atoms with E-state index in [-0.39, 0.29) is 11.1 Å². The number of hydrogen-bond acceptors (Lipinski definition) is 8. The Morgan fingerprint density at radius 3 is 2.31 bits per heavy atom. The van der Waals surface area contributed by atoms with Crippen LogP contribution in [-0.4, -0.2) is 65.1 Å². The minimum absolute atomic E-state index is 0.0770. The summed E-state index contributed by atoms with van der Waals surface area (Å²) in [6.45, 7) is 3.57. The third-order valence-corrected chi connectivity index (χ3v) is 8.18. The number of aromatic nitrogens is 2. The molecule has 3 aliphatic rings. The molecule has 0 spiro atoms. The van der Waals surface area contributed by atoms with Crippen molar-refractivity contribution >= 4 is 46.7 Å². The Bertz CT molecular complexity index is 1430. The molecule has 2 aromatic carbocycles. The standard InChI is InChI=1S/C29H28N6O3S/c1-33(14-19-8-4-2-5-9-19)25-13-23(12-24-26(36)32-29(38)39-24)30-28(31-25)35-17-21-15-34(16-22(21)18-35)27(37)20-10-6-3-7-11-20/h2-13,21-22H,14-18H2,1H3,(H,32,36,38). The van der Waals surface area contributed by atoms with Gasteiger partial charge in [-0.3, -0.25) is 19.7 Å². The lowest BCUT2D eigenvalue weighted by atomic mass is 10.0. The summed E-state index contributed by atoms with van der Waals surface area (Å²) in [7, 11) is 1.97. The second kappa shape index (κ2) is 10.5. The highest BCUT2D eigenvalue weighted by atomic mass is 32.2. The summed E-state index contributed by atoms with van der Waals surface area (Å²) < 4.78 is 0. The normalized spacial score (nSPS) is 21.4. The number of carbonyl (C=O) groups excluding carboxylic acids is 3. The van der Waals surface area contributed by atoms with Crippen molar-refractivity contribution in [2.75, 3.05) is 43.0 Å². The van der Waals surface area contributed by atoms with E-state index in [4.69, 9.17) is 9.97 Å². The van der Waals surface area contributed by atoms with Gasteiger partial charge in [0.15, 0.2) is 0 Å². The summed E-state index contributed by atoms with van der Waals surface area (Å²) in [5.74, 6) is 1.65. The van der Waals surface area contributed by atoms with Crippen molar-refractivity contribution < 1.29 is 14.4 Å². The highest BCUT2D eigenvalue weighted by Gasteiger charge is 2.42. The molecule has 4 heterocycles. The van der Waals surface area contributed by atoms with Crippen LogP contribution in [0.5, 0.6) is 0 Å². The Morgan fingerprint density at radius 1 is 1.00 bits per heavy atom. The minimum Gasteiger partial charge on any atom is -0.355 e. The summed E-state index contributed by atoms with van der Waals surface area (Å²) in [4.78, 5) is 53.0. The first-order valence-corrected chi connectivity index (χ1v) is 13.7. The van der Waals surface area contributed by atoms with Crippen LogP contribution in [0.4, 0.5) is 16.6 Å². The van der Waals surface area contributed by atoms with Crippen LogP contribution in [0.1, 0.15) is 21.6 Å². The molecule has 2 unspecified atom stereocenters. The Morgan fingerprint density at radius 2 is 1.67 bits per heavy atom. The van der Waals surface area contributed by atoms with Crippen molar-refractivity contribution in [2.45, 2.75) is 6.54 Å². The molecule has 39 heavy (non-hydrogen) atoms. The van der Waals surface area contributed by atoms with Crippen molar-refractivity contribution in [3.05, 3.63) is 88.5 Å². The number of imide groups is 1. The van der Waals surface area contributed by atoms with Crippen molar-refractivity contribution in [3.8, 4) is 0 Å². The Balaban J connectivity index is 1.23. The molecule has 3 fully saturated rings. The van der Waals surface area contributed by atoms with Crippen molar-refractivity contribution in [2.24, 2.45) is 11.8 Å². The number of nitrogens with zero attached hydrogens (tertiary/aromatic N) is 5. The first-order valence-electron chi connectivity index (χ1n) is 12.9. The SMILES string of the molecule is CN(Cc1ccccc1)c1cc(C=C2SC(=O)NC2=O)nc(N2CC3CN(C(=O)c4ccccc4)CC3C2)n1. The number of carbonyl (C=O) groups is 3. The van der Waals surface area contributed by atoms with Gasteiger partial charge in [-0.05, 0) is 35.5 Å². The number of benzene rings is 2. The van der Waals surface area contributed by atoms with Crippen LogP contribution < -0.4 is 15.1 Å². The van der Waals surface area contributed by atoms with E-state index in [1.165, 1.54) is 0 Å². The number of rotatable bonds is 6. The van der Waals surface area contributed by atoms with Crippen LogP contribution in [0, 0.1) is 11.8 Å². The van der Waals surface area contributed by atoms with Gasteiger partial charge in [0.25, 0.3) is 17.1 Å². The molecule has 2 atom stereocenters. The van der Waals surface area contributed by atoms with Gasteiger partial charge in [-0.2, -0.15) is 4.98 Å². The fourth-order valence-corrected chi connectivity index (χ4v) is 6.10. The molecule has 3 aliphatic heterocycles. The fourth-order valence-electron chi connectivity index (χ4n) is 5.43. The maximum Gasteiger partial charge on any atom is 0.290 e. The first kappa shape index (κ1) is 25.1. The fraction of sp³-hybridized carbons (Fsp3) is 0.276. The van der Waals surface area contributed by atoms with Gasteiger partial charge >= 0.3 is 0 Å². The highest BCUT2D eigenvalue weighted by molar-refractivity contribution is 8.18. The number of likely N-dealkylation sites (tertiary alicyclic amines) is 1. The van der Waals surface area contributed by atoms with Gasteiger partial charge in [0, 0.05) is 63.2 Å². The number of hydrogen-bond donors (Lipinski definition) is 1. The van der Waals surface area contributed by atoms with E-state index in [9.17, 15) is 14.4 Å². The predicted molar refractivity (Wildman–Crippen MR) is 151 cm³/mol. The van der Waals surface area contributed by atoms with Gasteiger partial charge in [0.1, 0.15) is 5.82 Å². The number of fused-ring (bicyclic) bond motifs is 1. The van der Waals surface area contributed by atoms with Crippen LogP contribution in [0.3, 0.4) is 0 Å².